The van der Waals surface area contributed by atoms with Crippen molar-refractivity contribution in [2.75, 3.05) is 32.8 Å². The van der Waals surface area contributed by atoms with Gasteiger partial charge in [-0.1, -0.05) is 17.7 Å². The lowest BCUT2D eigenvalue weighted by molar-refractivity contribution is -0.140. The van der Waals surface area contributed by atoms with E-state index in [1.54, 1.807) is 13.8 Å². The van der Waals surface area contributed by atoms with E-state index >= 15 is 0 Å². The smallest absolute Gasteiger partial charge is 0.309 e. The monoisotopic (exact) mass is 413 g/mol. The molecule has 156 valence electrons. The van der Waals surface area contributed by atoms with E-state index in [-0.39, 0.29) is 31.1 Å². The molecule has 9 nitrogen and oxygen atoms in total. The van der Waals surface area contributed by atoms with E-state index in [2.05, 4.69) is 10.6 Å². The van der Waals surface area contributed by atoms with Crippen molar-refractivity contribution in [3.63, 3.8) is 0 Å². The lowest BCUT2D eigenvalue weighted by Crippen LogP contribution is -2.53. The maximum absolute atomic E-state index is 13.3. The summed E-state index contributed by atoms with van der Waals surface area (Å²) in [4.78, 5) is 23.7. The van der Waals surface area contributed by atoms with Crippen molar-refractivity contribution in [3.8, 4) is 0 Å². The largest absolute Gasteiger partial charge is 0.395 e. The minimum Gasteiger partial charge on any atom is -0.395 e. The molecule has 1 aliphatic rings. The Morgan fingerprint density at radius 3 is 2.39 bits per heavy atom. The summed E-state index contributed by atoms with van der Waals surface area (Å²) in [7, 11) is -3.85. The number of nitrogens with one attached hydrogen (secondary N) is 2. The Labute approximate surface area is 165 Å². The lowest BCUT2D eigenvalue weighted by atomic mass is 10.1. The van der Waals surface area contributed by atoms with Crippen molar-refractivity contribution < 1.29 is 27.9 Å². The molecule has 0 bridgehead atoms. The Kier molecular flexibility index (Phi) is 7.53. The van der Waals surface area contributed by atoms with Gasteiger partial charge < -0.3 is 20.5 Å². The first-order chi connectivity index (χ1) is 13.2. The van der Waals surface area contributed by atoms with E-state index in [9.17, 15) is 18.0 Å². The van der Waals surface area contributed by atoms with Crippen LogP contribution < -0.4 is 10.6 Å². The third-order valence-electron chi connectivity index (χ3n) is 4.37. The summed E-state index contributed by atoms with van der Waals surface area (Å²) in [6, 6.07) is 3.62. The quantitative estimate of drug-likeness (QED) is 0.544. The fourth-order valence-corrected chi connectivity index (χ4v) is 5.28. The van der Waals surface area contributed by atoms with Gasteiger partial charge in [-0.2, -0.15) is 4.31 Å². The molecule has 1 heterocycles. The van der Waals surface area contributed by atoms with Gasteiger partial charge in [-0.15, -0.1) is 0 Å². The van der Waals surface area contributed by atoms with E-state index in [0.29, 0.717) is 24.2 Å². The number of amides is 2. The van der Waals surface area contributed by atoms with Gasteiger partial charge in [0.1, 0.15) is 6.23 Å². The number of carbonyl (C=O) groups is 2. The molecular formula is C18H27N3O6S. The summed E-state index contributed by atoms with van der Waals surface area (Å²) in [5, 5.41) is 13.3. The van der Waals surface area contributed by atoms with Crippen molar-refractivity contribution in [2.45, 2.75) is 38.3 Å². The van der Waals surface area contributed by atoms with Crippen molar-refractivity contribution in [1.29, 1.82) is 0 Å². The fourth-order valence-electron chi connectivity index (χ4n) is 3.30. The lowest BCUT2D eigenvalue weighted by Gasteiger charge is -2.35. The van der Waals surface area contributed by atoms with Crippen LogP contribution in [-0.4, -0.2) is 68.7 Å². The van der Waals surface area contributed by atoms with Gasteiger partial charge in [-0.25, -0.2) is 8.42 Å². The number of carbonyl (C=O) groups excluding carboxylic acids is 2. The Morgan fingerprint density at radius 1 is 1.18 bits per heavy atom. The molecule has 0 aliphatic carbocycles. The molecule has 0 radical (unpaired) electrons. The van der Waals surface area contributed by atoms with E-state index in [0.717, 1.165) is 5.56 Å². The Balaban J connectivity index is 2.18. The van der Waals surface area contributed by atoms with Crippen LogP contribution in [0.4, 0.5) is 0 Å². The zero-order valence-electron chi connectivity index (χ0n) is 16.3. The SMILES string of the molecule is Cc1cc(C)c(S(=O)(=O)N2CCCOC2CNC(=O)C(=O)NCCO)c(C)c1. The molecular weight excluding hydrogens is 386 g/mol. The maximum Gasteiger partial charge on any atom is 0.309 e. The molecule has 1 aromatic carbocycles. The van der Waals surface area contributed by atoms with Crippen molar-refractivity contribution in [2.24, 2.45) is 0 Å². The van der Waals surface area contributed by atoms with Crippen LogP contribution in [0, 0.1) is 20.8 Å². The molecule has 1 fully saturated rings. The first kappa shape index (κ1) is 22.3. The normalized spacial score (nSPS) is 17.9. The molecule has 1 atom stereocenters. The van der Waals surface area contributed by atoms with Crippen LogP contribution in [-0.2, 0) is 24.3 Å². The molecule has 10 heteroatoms. The molecule has 1 unspecified atom stereocenters. The summed E-state index contributed by atoms with van der Waals surface area (Å²) in [5.41, 5.74) is 2.27. The highest BCUT2D eigenvalue weighted by Gasteiger charge is 2.36. The van der Waals surface area contributed by atoms with Crippen molar-refractivity contribution in [3.05, 3.63) is 28.8 Å². The second-order valence-electron chi connectivity index (χ2n) is 6.71. The molecule has 0 saturated carbocycles. The van der Waals surface area contributed by atoms with Gasteiger partial charge in [0.15, 0.2) is 0 Å². The molecule has 2 amide bonds. The Hall–Kier alpha value is -2.01. The standard InChI is InChI=1S/C18H27N3O6S/c1-12-9-13(2)16(14(3)10-12)28(25,26)21-6-4-8-27-15(21)11-20-18(24)17(23)19-5-7-22/h9-10,15,22H,4-8,11H2,1-3H3,(H,19,23)(H,20,24). The third kappa shape index (κ3) is 5.07. The molecule has 0 aromatic heterocycles. The van der Waals surface area contributed by atoms with Gasteiger partial charge >= 0.3 is 11.8 Å². The number of ether oxygens (including phenoxy) is 1. The number of aliphatic hydroxyl groups excluding tert-OH is 1. The highest BCUT2D eigenvalue weighted by molar-refractivity contribution is 7.89. The summed E-state index contributed by atoms with van der Waals surface area (Å²) in [5.74, 6) is -1.81. The van der Waals surface area contributed by atoms with Crippen LogP contribution >= 0.6 is 0 Å². The minimum absolute atomic E-state index is 0.0430. The maximum atomic E-state index is 13.3. The van der Waals surface area contributed by atoms with Gasteiger partial charge in [0.05, 0.1) is 24.7 Å². The van der Waals surface area contributed by atoms with Gasteiger partial charge in [0.25, 0.3) is 0 Å². The number of rotatable bonds is 6. The van der Waals surface area contributed by atoms with Crippen molar-refractivity contribution >= 4 is 21.8 Å². The van der Waals surface area contributed by atoms with Gasteiger partial charge in [-0.3, -0.25) is 9.59 Å². The molecule has 1 saturated heterocycles. The predicted molar refractivity (Wildman–Crippen MR) is 102 cm³/mol. The highest BCUT2D eigenvalue weighted by Crippen LogP contribution is 2.28. The summed E-state index contributed by atoms with van der Waals surface area (Å²) in [6.45, 7) is 5.53. The molecule has 2 rings (SSSR count). The Bertz CT molecular complexity index is 817. The number of sulfonamides is 1. The number of hydrogen-bond acceptors (Lipinski definition) is 6. The zero-order chi connectivity index (χ0) is 20.9. The third-order valence-corrected chi connectivity index (χ3v) is 6.56. The van der Waals surface area contributed by atoms with E-state index in [4.69, 9.17) is 9.84 Å². The van der Waals surface area contributed by atoms with Crippen LogP contribution in [0.2, 0.25) is 0 Å². The Morgan fingerprint density at radius 2 is 1.79 bits per heavy atom. The number of aryl methyl sites for hydroxylation is 3. The molecule has 28 heavy (non-hydrogen) atoms. The summed E-state index contributed by atoms with van der Waals surface area (Å²) in [6.07, 6.45) is -0.376. The number of nitrogens with zero attached hydrogens (tertiary/aromatic N) is 1. The first-order valence-electron chi connectivity index (χ1n) is 9.06. The minimum atomic E-state index is -3.85. The average molecular weight is 413 g/mol. The number of benzene rings is 1. The molecule has 1 aliphatic heterocycles. The number of hydrogen-bond donors (Lipinski definition) is 3. The second kappa shape index (κ2) is 9.46. The highest BCUT2D eigenvalue weighted by atomic mass is 32.2. The van der Waals surface area contributed by atoms with Crippen LogP contribution in [0.3, 0.4) is 0 Å². The number of aliphatic hydroxyl groups is 1. The van der Waals surface area contributed by atoms with Crippen LogP contribution in [0.25, 0.3) is 0 Å². The fraction of sp³-hybridized carbons (Fsp3) is 0.556. The summed E-state index contributed by atoms with van der Waals surface area (Å²) >= 11 is 0. The predicted octanol–water partition coefficient (Wildman–Crippen LogP) is -0.426. The van der Waals surface area contributed by atoms with Crippen LogP contribution in [0.5, 0.6) is 0 Å². The second-order valence-corrected chi connectivity index (χ2v) is 8.54. The van der Waals surface area contributed by atoms with E-state index in [1.165, 1.54) is 4.31 Å². The zero-order valence-corrected chi connectivity index (χ0v) is 17.1. The van der Waals surface area contributed by atoms with E-state index in [1.807, 2.05) is 19.1 Å². The average Bonchev–Trinajstić information content (AvgIpc) is 2.63. The summed E-state index contributed by atoms with van der Waals surface area (Å²) < 4.78 is 33.4. The van der Waals surface area contributed by atoms with Gasteiger partial charge in [0.2, 0.25) is 10.0 Å². The topological polar surface area (TPSA) is 125 Å². The van der Waals surface area contributed by atoms with E-state index < -0.39 is 28.1 Å². The first-order valence-corrected chi connectivity index (χ1v) is 10.5. The van der Waals surface area contributed by atoms with Gasteiger partial charge in [0, 0.05) is 13.1 Å². The van der Waals surface area contributed by atoms with Crippen LogP contribution in [0.15, 0.2) is 17.0 Å². The molecule has 1 aromatic rings. The van der Waals surface area contributed by atoms with Gasteiger partial charge in [-0.05, 0) is 38.3 Å². The molecule has 3 N–H and O–H groups in total. The molecule has 0 spiro atoms. The van der Waals surface area contributed by atoms with Crippen LogP contribution in [0.1, 0.15) is 23.1 Å². The van der Waals surface area contributed by atoms with Crippen molar-refractivity contribution in [1.82, 2.24) is 14.9 Å².